The Kier molecular flexibility index (Phi) is 16.4. The molecule has 27 heteroatoms. The van der Waals surface area contributed by atoms with E-state index in [1.54, 1.807) is 29.8 Å². The Morgan fingerprint density at radius 1 is 0.788 bits per heavy atom. The van der Waals surface area contributed by atoms with Crippen LogP contribution in [0.25, 0.3) is 11.3 Å². The summed E-state index contributed by atoms with van der Waals surface area (Å²) >= 11 is 1.28. The summed E-state index contributed by atoms with van der Waals surface area (Å²) in [6.45, 7) is 0.862. The normalized spacial score (nSPS) is 38.3. The van der Waals surface area contributed by atoms with Crippen LogP contribution in [0, 0.1) is 0 Å². The lowest BCUT2D eigenvalue weighted by Crippen LogP contribution is -2.68. The number of nitrogens with two attached hydrogens (primary N) is 6. The molecule has 0 unspecified atom stereocenters. The van der Waals surface area contributed by atoms with E-state index in [0.717, 1.165) is 5.56 Å². The Balaban J connectivity index is 1.04. The minimum absolute atomic E-state index is 0.0282. The number of nitrogens with one attached hydrogen (secondary N) is 2. The number of aryl methyl sites for hydroxylation is 1. The maximum Gasteiger partial charge on any atom is 0.224 e. The third-order valence-corrected chi connectivity index (χ3v) is 12.7. The molecule has 4 fully saturated rings. The summed E-state index contributed by atoms with van der Waals surface area (Å²) in [5.74, 6) is -0.544. The van der Waals surface area contributed by atoms with Gasteiger partial charge in [0.25, 0.3) is 0 Å². The number of aliphatic hydroxyl groups excluding tert-OH is 6. The Bertz CT molecular complexity index is 2090. The molecule has 0 spiro atoms. The fraction of sp³-hybridized carbons (Fsp3) is 0.667. The number of ether oxygens (including phenoxy) is 6. The summed E-state index contributed by atoms with van der Waals surface area (Å²) in [6, 6.07) is 2.67. The van der Waals surface area contributed by atoms with Gasteiger partial charge in [0, 0.05) is 67.8 Å². The van der Waals surface area contributed by atoms with Gasteiger partial charge in [0.05, 0.1) is 36.1 Å². The molecule has 26 nitrogen and oxygen atoms in total. The van der Waals surface area contributed by atoms with Gasteiger partial charge in [-0.3, -0.25) is 9.59 Å². The molecular formula is C39H60N12O14S. The second-order valence-corrected chi connectivity index (χ2v) is 17.7. The van der Waals surface area contributed by atoms with E-state index in [4.69, 9.17) is 62.8 Å². The Morgan fingerprint density at radius 2 is 1.41 bits per heavy atom. The number of nitrogens with zero attached hydrogens (tertiary/aromatic N) is 4. The SMILES string of the molecule is CC(=O)Nc1nc(-c2cccc(NC(=O)CCc3cn(C[C@H]4O[C@@H](O[C@@H]5[C@@H](O)[C@H](N)C[C@H](N)[C@H]5O[C@H]5O[C@H](CN)[C@@H](O)[C@H](O)[C@H]5N)[C@H](O)[C@@H]4O[C@H]4O[C@@H](CN)[C@@H](O)[C@H](O)[C@H]4N)nn3)c2)cs1. The van der Waals surface area contributed by atoms with Crippen LogP contribution in [0.4, 0.5) is 10.8 Å². The van der Waals surface area contributed by atoms with E-state index in [1.807, 2.05) is 6.07 Å². The number of thiazole rings is 1. The van der Waals surface area contributed by atoms with E-state index in [2.05, 4.69) is 25.9 Å². The number of hydrogen-bond donors (Lipinski definition) is 14. The molecule has 0 bridgehead atoms. The van der Waals surface area contributed by atoms with Crippen LogP contribution in [0.3, 0.4) is 0 Å². The van der Waals surface area contributed by atoms with Gasteiger partial charge < -0.3 is 104 Å². The largest absolute Gasteiger partial charge is 0.389 e. The van der Waals surface area contributed by atoms with Gasteiger partial charge in [0.2, 0.25) is 11.8 Å². The van der Waals surface area contributed by atoms with Gasteiger partial charge in [-0.25, -0.2) is 9.67 Å². The first kappa shape index (κ1) is 50.1. The molecular weight excluding hydrogens is 893 g/mol. The topological polar surface area (TPSA) is 435 Å². The molecule has 1 saturated carbocycles. The highest BCUT2D eigenvalue weighted by Gasteiger charge is 2.54. The van der Waals surface area contributed by atoms with Gasteiger partial charge in [-0.15, -0.1) is 16.4 Å². The molecule has 3 aromatic rings. The van der Waals surface area contributed by atoms with Crippen molar-refractivity contribution in [2.45, 2.75) is 149 Å². The fourth-order valence-electron chi connectivity index (χ4n) is 8.31. The zero-order valence-electron chi connectivity index (χ0n) is 35.8. The third kappa shape index (κ3) is 11.2. The minimum Gasteiger partial charge on any atom is -0.389 e. The van der Waals surface area contributed by atoms with Crippen molar-refractivity contribution in [2.24, 2.45) is 34.4 Å². The van der Waals surface area contributed by atoms with Crippen LogP contribution in [0.15, 0.2) is 35.8 Å². The lowest BCUT2D eigenvalue weighted by Gasteiger charge is -2.47. The first-order chi connectivity index (χ1) is 31.5. The highest BCUT2D eigenvalue weighted by Crippen LogP contribution is 2.35. The number of aromatic nitrogens is 4. The number of hydrogen-bond acceptors (Lipinski definition) is 24. The molecule has 5 heterocycles. The van der Waals surface area contributed by atoms with Gasteiger partial charge in [0.15, 0.2) is 24.0 Å². The maximum atomic E-state index is 13.0. The molecule has 7 rings (SSSR count). The van der Waals surface area contributed by atoms with Crippen LogP contribution < -0.4 is 45.0 Å². The lowest BCUT2D eigenvalue weighted by atomic mass is 9.84. The number of amides is 2. The first-order valence-corrected chi connectivity index (χ1v) is 22.3. The van der Waals surface area contributed by atoms with Crippen LogP contribution in [-0.2, 0) is 51.0 Å². The number of rotatable bonds is 16. The van der Waals surface area contributed by atoms with Crippen LogP contribution in [-0.4, -0.2) is 192 Å². The molecule has 0 radical (unpaired) electrons. The number of benzene rings is 1. The standard InChI is InChI=1S/C39H60N12O14S/c1-14(52)46-39-48-20(13-66-39)15-3-2-4-16(7-15)47-24(53)6-5-17-11-51(50-49-17)12-23-34(64-37-26(45)31(58)29(56)22(10-41)61-37)32(59)38(62-23)65-35-27(54)18(42)8-19(43)33(35)63-36-25(44)30(57)28(55)21(9-40)60-36/h2-4,7,11,13,18-19,21-23,25-38,54-59H,5-6,8-10,12,40-45H2,1H3,(H,47,53)(H,46,48,52)/t18-,19+,21-,22+,23-,25-,26-,27+,28-,29-,30-,31-,32-,33-,34-,35-,36-,37-,38+/m1/s1. The molecule has 366 valence electrons. The zero-order chi connectivity index (χ0) is 47.6. The highest BCUT2D eigenvalue weighted by atomic mass is 32.1. The lowest BCUT2D eigenvalue weighted by molar-refractivity contribution is -0.306. The summed E-state index contributed by atoms with van der Waals surface area (Å²) < 4.78 is 37.8. The smallest absolute Gasteiger partial charge is 0.224 e. The van der Waals surface area contributed by atoms with Crippen LogP contribution in [0.1, 0.15) is 25.5 Å². The fourth-order valence-corrected chi connectivity index (χ4v) is 9.07. The van der Waals surface area contributed by atoms with E-state index in [9.17, 15) is 40.2 Å². The molecule has 19 atom stereocenters. The number of aliphatic hydroxyl groups is 6. The summed E-state index contributed by atoms with van der Waals surface area (Å²) in [4.78, 5) is 28.9. The van der Waals surface area contributed by atoms with Crippen molar-refractivity contribution < 1.29 is 68.6 Å². The zero-order valence-corrected chi connectivity index (χ0v) is 36.6. The van der Waals surface area contributed by atoms with Crippen molar-refractivity contribution in [3.8, 4) is 11.3 Å². The molecule has 4 aliphatic rings. The monoisotopic (exact) mass is 952 g/mol. The van der Waals surface area contributed by atoms with Crippen LogP contribution in [0.2, 0.25) is 0 Å². The van der Waals surface area contributed by atoms with E-state index < -0.39 is 116 Å². The van der Waals surface area contributed by atoms with Crippen molar-refractivity contribution >= 4 is 34.0 Å². The summed E-state index contributed by atoms with van der Waals surface area (Å²) in [5, 5.41) is 81.6. The first-order valence-electron chi connectivity index (χ1n) is 21.4. The van der Waals surface area contributed by atoms with Crippen molar-refractivity contribution in [3.05, 3.63) is 41.5 Å². The van der Waals surface area contributed by atoms with Crippen molar-refractivity contribution in [1.29, 1.82) is 0 Å². The number of carbonyl (C=O) groups excluding carboxylic acids is 2. The third-order valence-electron chi connectivity index (χ3n) is 12.0. The Morgan fingerprint density at radius 3 is 2.05 bits per heavy atom. The molecule has 66 heavy (non-hydrogen) atoms. The molecule has 2 amide bonds. The number of carbonyl (C=O) groups is 2. The average Bonchev–Trinajstić information content (AvgIpc) is 4.02. The molecule has 3 aliphatic heterocycles. The predicted octanol–water partition coefficient (Wildman–Crippen LogP) is -5.94. The summed E-state index contributed by atoms with van der Waals surface area (Å²) in [6.07, 6.45) is -18.8. The second-order valence-electron chi connectivity index (χ2n) is 16.8. The van der Waals surface area contributed by atoms with E-state index in [-0.39, 0.29) is 50.7 Å². The van der Waals surface area contributed by atoms with Gasteiger partial charge >= 0.3 is 0 Å². The van der Waals surface area contributed by atoms with Crippen molar-refractivity contribution in [1.82, 2.24) is 20.0 Å². The minimum atomic E-state index is -1.67. The van der Waals surface area contributed by atoms with Gasteiger partial charge in [-0.05, 0) is 18.6 Å². The van der Waals surface area contributed by atoms with Gasteiger partial charge in [0.1, 0.15) is 67.1 Å². The van der Waals surface area contributed by atoms with Gasteiger partial charge in [-0.1, -0.05) is 17.3 Å². The van der Waals surface area contributed by atoms with Crippen LogP contribution >= 0.6 is 11.3 Å². The Labute approximate surface area is 381 Å². The van der Waals surface area contributed by atoms with Crippen molar-refractivity contribution in [2.75, 3.05) is 23.7 Å². The highest BCUT2D eigenvalue weighted by molar-refractivity contribution is 7.14. The number of anilines is 2. The summed E-state index contributed by atoms with van der Waals surface area (Å²) in [5.41, 5.74) is 39.0. The molecule has 3 saturated heterocycles. The van der Waals surface area contributed by atoms with E-state index >= 15 is 0 Å². The average molecular weight is 953 g/mol. The second kappa shape index (κ2) is 21.7. The van der Waals surface area contributed by atoms with Crippen LogP contribution in [0.5, 0.6) is 0 Å². The molecule has 2 aromatic heterocycles. The molecule has 1 aliphatic carbocycles. The Hall–Kier alpha value is -3.79. The van der Waals surface area contributed by atoms with Gasteiger partial charge in [-0.2, -0.15) is 0 Å². The summed E-state index contributed by atoms with van der Waals surface area (Å²) in [7, 11) is 0. The quantitative estimate of drug-likeness (QED) is 0.0636. The maximum absolute atomic E-state index is 13.0. The van der Waals surface area contributed by atoms with E-state index in [1.165, 1.54) is 22.9 Å². The van der Waals surface area contributed by atoms with Crippen molar-refractivity contribution in [3.63, 3.8) is 0 Å². The van der Waals surface area contributed by atoms with E-state index in [0.29, 0.717) is 22.2 Å². The molecule has 1 aromatic carbocycles. The molecule has 20 N–H and O–H groups in total. The predicted molar refractivity (Wildman–Crippen MR) is 230 cm³/mol.